The summed E-state index contributed by atoms with van der Waals surface area (Å²) in [6.07, 6.45) is -3.08. The number of nitrogens with zero attached hydrogens (tertiary/aromatic N) is 1. The third kappa shape index (κ3) is 5.16. The maximum atomic E-state index is 13.7. The molecule has 1 N–H and O–H groups in total. The molecule has 0 aromatic heterocycles. The van der Waals surface area contributed by atoms with E-state index >= 15 is 0 Å². The van der Waals surface area contributed by atoms with E-state index in [-0.39, 0.29) is 36.5 Å². The van der Waals surface area contributed by atoms with Gasteiger partial charge >= 0.3 is 6.18 Å². The van der Waals surface area contributed by atoms with E-state index in [9.17, 15) is 22.4 Å². The Labute approximate surface area is 205 Å². The number of halogens is 4. The van der Waals surface area contributed by atoms with Crippen LogP contribution in [-0.2, 0) is 24.0 Å². The molecule has 1 amide bonds. The van der Waals surface area contributed by atoms with Gasteiger partial charge in [-0.05, 0) is 54.3 Å². The van der Waals surface area contributed by atoms with Gasteiger partial charge in [0.2, 0.25) is 0 Å². The summed E-state index contributed by atoms with van der Waals surface area (Å²) in [7, 11) is 0. The molecule has 0 bridgehead atoms. The number of fused-ring (bicyclic) bond motifs is 1. The minimum Gasteiger partial charge on any atom is -0.491 e. The molecular weight excluding hydrogens is 476 g/mol. The minimum atomic E-state index is -4.60. The molecule has 0 radical (unpaired) electrons. The molecule has 2 aliphatic rings. The van der Waals surface area contributed by atoms with Crippen molar-refractivity contribution < 1.29 is 31.8 Å². The van der Waals surface area contributed by atoms with E-state index in [4.69, 9.17) is 9.47 Å². The quantitative estimate of drug-likeness (QED) is 0.394. The van der Waals surface area contributed by atoms with Crippen molar-refractivity contribution in [3.63, 3.8) is 0 Å². The first kappa shape index (κ1) is 24.1. The Bertz CT molecular complexity index is 1250. The second kappa shape index (κ2) is 9.81. The molecule has 5 rings (SSSR count). The van der Waals surface area contributed by atoms with E-state index in [1.165, 1.54) is 23.1 Å². The van der Waals surface area contributed by atoms with Crippen LogP contribution in [-0.4, -0.2) is 25.2 Å². The van der Waals surface area contributed by atoms with Crippen LogP contribution >= 0.6 is 0 Å². The van der Waals surface area contributed by atoms with Crippen LogP contribution in [0.4, 0.5) is 28.9 Å². The average Bonchev–Trinajstić information content (AvgIpc) is 3.50. The van der Waals surface area contributed by atoms with Crippen molar-refractivity contribution in [3.8, 4) is 5.75 Å². The summed E-state index contributed by atoms with van der Waals surface area (Å²) >= 11 is 0. The molecule has 3 aromatic rings. The van der Waals surface area contributed by atoms with Gasteiger partial charge < -0.3 is 19.7 Å². The lowest BCUT2D eigenvalue weighted by atomic mass is 10.1. The normalized spacial score (nSPS) is 17.4. The third-order valence-corrected chi connectivity index (χ3v) is 6.32. The summed E-state index contributed by atoms with van der Waals surface area (Å²) < 4.78 is 65.3. The second-order valence-corrected chi connectivity index (χ2v) is 8.87. The highest BCUT2D eigenvalue weighted by Crippen LogP contribution is 2.39. The monoisotopic (exact) mass is 500 g/mol. The van der Waals surface area contributed by atoms with Gasteiger partial charge in [0.05, 0.1) is 23.8 Å². The molecule has 188 valence electrons. The van der Waals surface area contributed by atoms with Crippen LogP contribution in [0, 0.1) is 5.82 Å². The lowest BCUT2D eigenvalue weighted by molar-refractivity contribution is -0.137. The largest absolute Gasteiger partial charge is 0.491 e. The Morgan fingerprint density at radius 1 is 1.08 bits per heavy atom. The van der Waals surface area contributed by atoms with Gasteiger partial charge in [-0.25, -0.2) is 4.39 Å². The number of nitrogens with one attached hydrogen (secondary N) is 1. The third-order valence-electron chi connectivity index (χ3n) is 6.32. The van der Waals surface area contributed by atoms with Gasteiger partial charge in [-0.15, -0.1) is 0 Å². The zero-order chi connectivity index (χ0) is 25.3. The number of benzene rings is 3. The summed E-state index contributed by atoms with van der Waals surface area (Å²) in [4.78, 5) is 14.7. The molecule has 36 heavy (non-hydrogen) atoms. The predicted molar refractivity (Wildman–Crippen MR) is 127 cm³/mol. The van der Waals surface area contributed by atoms with E-state index in [1.807, 2.05) is 0 Å². The summed E-state index contributed by atoms with van der Waals surface area (Å²) in [5.41, 5.74) is 1.70. The number of rotatable bonds is 7. The van der Waals surface area contributed by atoms with Crippen molar-refractivity contribution in [3.05, 3.63) is 88.7 Å². The fraction of sp³-hybridized carbons (Fsp3) is 0.296. The number of anilines is 2. The highest BCUT2D eigenvalue weighted by atomic mass is 19.4. The standard InChI is InChI=1S/C27H24F4N2O3/c28-20-8-6-17(7-9-20)14-32-24-5-1-3-18-15-33(26(34)25(18)24)21-11-19(27(29,30)31)12-23(13-21)36-16-22-4-2-10-35-22/h1,3,5-9,11-13,22,32H,2,4,10,14-16H2. The zero-order valence-corrected chi connectivity index (χ0v) is 19.3. The first-order chi connectivity index (χ1) is 17.3. The number of carbonyl (C=O) groups excluding carboxylic acids is 1. The van der Waals surface area contributed by atoms with Crippen LogP contribution in [0.5, 0.6) is 5.75 Å². The number of hydrogen-bond acceptors (Lipinski definition) is 4. The molecule has 1 saturated heterocycles. The molecule has 0 saturated carbocycles. The Kier molecular flexibility index (Phi) is 6.57. The highest BCUT2D eigenvalue weighted by Gasteiger charge is 2.35. The van der Waals surface area contributed by atoms with Crippen LogP contribution in [0.2, 0.25) is 0 Å². The summed E-state index contributed by atoms with van der Waals surface area (Å²) in [6, 6.07) is 14.7. The van der Waals surface area contributed by atoms with Crippen molar-refractivity contribution in [1.29, 1.82) is 0 Å². The van der Waals surface area contributed by atoms with Gasteiger partial charge in [-0.3, -0.25) is 4.79 Å². The van der Waals surface area contributed by atoms with Gasteiger partial charge in [0.1, 0.15) is 18.2 Å². The molecule has 1 unspecified atom stereocenters. The van der Waals surface area contributed by atoms with Gasteiger partial charge in [-0.2, -0.15) is 13.2 Å². The second-order valence-electron chi connectivity index (χ2n) is 8.87. The van der Waals surface area contributed by atoms with Crippen molar-refractivity contribution in [2.75, 3.05) is 23.4 Å². The van der Waals surface area contributed by atoms with Crippen molar-refractivity contribution in [2.45, 2.75) is 38.2 Å². The predicted octanol–water partition coefficient (Wildman–Crippen LogP) is 6.17. The fourth-order valence-electron chi connectivity index (χ4n) is 4.47. The SMILES string of the molecule is O=C1c2c(cccc2NCc2ccc(F)cc2)CN1c1cc(OCC2CCCO2)cc(C(F)(F)F)c1. The molecule has 1 atom stereocenters. The van der Waals surface area contributed by atoms with Gasteiger partial charge in [0.25, 0.3) is 5.91 Å². The topological polar surface area (TPSA) is 50.8 Å². The lowest BCUT2D eigenvalue weighted by Gasteiger charge is -2.20. The first-order valence-electron chi connectivity index (χ1n) is 11.7. The Balaban J connectivity index is 1.39. The van der Waals surface area contributed by atoms with E-state index < -0.39 is 17.6 Å². The maximum Gasteiger partial charge on any atom is 0.416 e. The number of hydrogen-bond donors (Lipinski definition) is 1. The summed E-state index contributed by atoms with van der Waals surface area (Å²) in [5.74, 6) is -0.712. The van der Waals surface area contributed by atoms with Gasteiger partial charge in [-0.1, -0.05) is 24.3 Å². The van der Waals surface area contributed by atoms with E-state index in [2.05, 4.69) is 5.32 Å². The molecule has 0 spiro atoms. The smallest absolute Gasteiger partial charge is 0.416 e. The summed E-state index contributed by atoms with van der Waals surface area (Å²) in [6.45, 7) is 1.24. The molecule has 9 heteroatoms. The number of amides is 1. The Morgan fingerprint density at radius 3 is 2.61 bits per heavy atom. The maximum absolute atomic E-state index is 13.7. The first-order valence-corrected chi connectivity index (χ1v) is 11.7. The summed E-state index contributed by atoms with van der Waals surface area (Å²) in [5, 5.41) is 3.19. The van der Waals surface area contributed by atoms with Gasteiger partial charge in [0, 0.05) is 30.6 Å². The number of alkyl halides is 3. The number of ether oxygens (including phenoxy) is 2. The Morgan fingerprint density at radius 2 is 1.89 bits per heavy atom. The molecule has 1 fully saturated rings. The van der Waals surface area contributed by atoms with Crippen molar-refractivity contribution >= 4 is 17.3 Å². The van der Waals surface area contributed by atoms with Crippen LogP contribution < -0.4 is 15.0 Å². The van der Waals surface area contributed by atoms with E-state index in [1.54, 1.807) is 30.3 Å². The lowest BCUT2D eigenvalue weighted by Crippen LogP contribution is -2.24. The Hall–Kier alpha value is -3.59. The van der Waals surface area contributed by atoms with Crippen LogP contribution in [0.1, 0.15) is 39.9 Å². The molecule has 5 nitrogen and oxygen atoms in total. The zero-order valence-electron chi connectivity index (χ0n) is 19.3. The molecule has 3 aromatic carbocycles. The van der Waals surface area contributed by atoms with Crippen LogP contribution in [0.3, 0.4) is 0 Å². The van der Waals surface area contributed by atoms with Gasteiger partial charge in [0.15, 0.2) is 0 Å². The molecule has 0 aliphatic carbocycles. The highest BCUT2D eigenvalue weighted by molar-refractivity contribution is 6.13. The van der Waals surface area contributed by atoms with E-state index in [0.717, 1.165) is 30.5 Å². The molecule has 2 heterocycles. The van der Waals surface area contributed by atoms with Crippen molar-refractivity contribution in [2.24, 2.45) is 0 Å². The molecular formula is C27H24F4N2O3. The van der Waals surface area contributed by atoms with E-state index in [0.29, 0.717) is 30.0 Å². The number of carbonyl (C=O) groups is 1. The fourth-order valence-corrected chi connectivity index (χ4v) is 4.47. The van der Waals surface area contributed by atoms with Crippen LogP contribution in [0.25, 0.3) is 0 Å². The molecule has 2 aliphatic heterocycles. The minimum absolute atomic E-state index is 0.0359. The average molecular weight is 500 g/mol. The van der Waals surface area contributed by atoms with Crippen LogP contribution in [0.15, 0.2) is 60.7 Å². The van der Waals surface area contributed by atoms with Crippen molar-refractivity contribution in [1.82, 2.24) is 0 Å².